The monoisotopic (exact) mass is 314 g/mol. The molecule has 2 atom stereocenters. The number of carbonyl (C=O) groups is 1. The Morgan fingerprint density at radius 3 is 2.94 bits per heavy atom. The molecule has 0 spiro atoms. The number of nitrogens with one attached hydrogen (secondary N) is 1. The Labute approximate surface area is 114 Å². The quantitative estimate of drug-likeness (QED) is 0.901. The summed E-state index contributed by atoms with van der Waals surface area (Å²) in [5.74, 6) is -0.0946. The second kappa shape index (κ2) is 5.80. The third-order valence-electron chi connectivity index (χ3n) is 3.49. The summed E-state index contributed by atoms with van der Waals surface area (Å²) >= 11 is 3.10. The Morgan fingerprint density at radius 2 is 2.28 bits per heavy atom. The maximum Gasteiger partial charge on any atom is 0.227 e. The molecule has 98 valence electrons. The smallest absolute Gasteiger partial charge is 0.227 e. The molecule has 1 aliphatic rings. The van der Waals surface area contributed by atoms with Crippen molar-refractivity contribution in [1.29, 1.82) is 0 Å². The Kier molecular flexibility index (Phi) is 4.35. The molecule has 0 aromatic heterocycles. The van der Waals surface area contributed by atoms with E-state index in [2.05, 4.69) is 21.2 Å². The van der Waals surface area contributed by atoms with Crippen molar-refractivity contribution in [3.05, 3.63) is 28.5 Å². The maximum atomic E-state index is 13.1. The number of carbonyl (C=O) groups excluding carboxylic acids is 1. The van der Waals surface area contributed by atoms with Gasteiger partial charge in [-0.3, -0.25) is 4.79 Å². The highest BCUT2D eigenvalue weighted by molar-refractivity contribution is 9.10. The lowest BCUT2D eigenvalue weighted by atomic mass is 9.95. The first-order valence-corrected chi connectivity index (χ1v) is 6.87. The van der Waals surface area contributed by atoms with Gasteiger partial charge in [-0.15, -0.1) is 0 Å². The third kappa shape index (κ3) is 2.90. The number of benzene rings is 1. The first-order chi connectivity index (χ1) is 8.61. The van der Waals surface area contributed by atoms with Crippen molar-refractivity contribution in [3.63, 3.8) is 0 Å². The largest absolute Gasteiger partial charge is 0.330 e. The number of halogens is 2. The van der Waals surface area contributed by atoms with Crippen LogP contribution in [0, 0.1) is 17.7 Å². The Hall–Kier alpha value is -0.940. The topological polar surface area (TPSA) is 55.1 Å². The Bertz CT molecular complexity index is 453. The van der Waals surface area contributed by atoms with Crippen molar-refractivity contribution in [2.45, 2.75) is 19.3 Å². The average Bonchev–Trinajstić information content (AvgIpc) is 2.82. The molecule has 0 saturated heterocycles. The summed E-state index contributed by atoms with van der Waals surface area (Å²) in [6.07, 6.45) is 2.95. The minimum absolute atomic E-state index is 0.0125. The lowest BCUT2D eigenvalue weighted by Gasteiger charge is -2.17. The van der Waals surface area contributed by atoms with Crippen LogP contribution in [0.15, 0.2) is 22.7 Å². The molecule has 0 heterocycles. The molecule has 1 amide bonds. The predicted octanol–water partition coefficient (Wildman–Crippen LogP) is 2.90. The first-order valence-electron chi connectivity index (χ1n) is 6.08. The normalized spacial score (nSPS) is 23.1. The van der Waals surface area contributed by atoms with E-state index in [1.807, 2.05) is 0 Å². The SMILES string of the molecule is NC[C@H]1CCC[C@H]1C(=O)Nc1ccc(F)c(Br)c1. The summed E-state index contributed by atoms with van der Waals surface area (Å²) in [5, 5.41) is 2.83. The molecular formula is C13H16BrFN2O. The van der Waals surface area contributed by atoms with Crippen LogP contribution in [0.5, 0.6) is 0 Å². The number of hydrogen-bond acceptors (Lipinski definition) is 2. The molecular weight excluding hydrogens is 299 g/mol. The fourth-order valence-corrected chi connectivity index (χ4v) is 2.85. The van der Waals surface area contributed by atoms with Gasteiger partial charge in [0.15, 0.2) is 0 Å². The summed E-state index contributed by atoms with van der Waals surface area (Å²) < 4.78 is 13.4. The van der Waals surface area contributed by atoms with Gasteiger partial charge in [0.2, 0.25) is 5.91 Å². The van der Waals surface area contributed by atoms with Crippen molar-refractivity contribution in [1.82, 2.24) is 0 Å². The average molecular weight is 315 g/mol. The highest BCUT2D eigenvalue weighted by Gasteiger charge is 2.31. The van der Waals surface area contributed by atoms with Crippen LogP contribution in [0.2, 0.25) is 0 Å². The molecule has 3 N–H and O–H groups in total. The van der Waals surface area contributed by atoms with E-state index in [-0.39, 0.29) is 23.6 Å². The van der Waals surface area contributed by atoms with Gasteiger partial charge in [0.1, 0.15) is 5.82 Å². The minimum atomic E-state index is -0.339. The summed E-state index contributed by atoms with van der Waals surface area (Å²) in [7, 11) is 0. The fourth-order valence-electron chi connectivity index (χ4n) is 2.47. The molecule has 3 nitrogen and oxygen atoms in total. The van der Waals surface area contributed by atoms with E-state index in [9.17, 15) is 9.18 Å². The van der Waals surface area contributed by atoms with Gasteiger partial charge in [-0.1, -0.05) is 6.42 Å². The van der Waals surface area contributed by atoms with Gasteiger partial charge in [-0.25, -0.2) is 4.39 Å². The summed E-state index contributed by atoms with van der Waals surface area (Å²) in [6, 6.07) is 4.46. The summed E-state index contributed by atoms with van der Waals surface area (Å²) in [4.78, 5) is 12.1. The molecule has 0 bridgehead atoms. The lowest BCUT2D eigenvalue weighted by Crippen LogP contribution is -2.29. The van der Waals surface area contributed by atoms with Crippen molar-refractivity contribution in [2.75, 3.05) is 11.9 Å². The minimum Gasteiger partial charge on any atom is -0.330 e. The van der Waals surface area contributed by atoms with E-state index in [4.69, 9.17) is 5.73 Å². The van der Waals surface area contributed by atoms with Gasteiger partial charge in [0.05, 0.1) is 4.47 Å². The molecule has 0 aliphatic heterocycles. The van der Waals surface area contributed by atoms with E-state index in [0.717, 1.165) is 19.3 Å². The number of hydrogen-bond donors (Lipinski definition) is 2. The maximum absolute atomic E-state index is 13.1. The van der Waals surface area contributed by atoms with Gasteiger partial charge in [0.25, 0.3) is 0 Å². The van der Waals surface area contributed by atoms with E-state index >= 15 is 0 Å². The fraction of sp³-hybridized carbons (Fsp3) is 0.462. The van der Waals surface area contributed by atoms with Crippen molar-refractivity contribution >= 4 is 27.5 Å². The third-order valence-corrected chi connectivity index (χ3v) is 4.09. The van der Waals surface area contributed by atoms with Crippen LogP contribution in [0.1, 0.15) is 19.3 Å². The predicted molar refractivity (Wildman–Crippen MR) is 72.6 cm³/mol. The van der Waals surface area contributed by atoms with Gasteiger partial charge in [-0.2, -0.15) is 0 Å². The van der Waals surface area contributed by atoms with Crippen LogP contribution >= 0.6 is 15.9 Å². The van der Waals surface area contributed by atoms with Crippen LogP contribution < -0.4 is 11.1 Å². The zero-order chi connectivity index (χ0) is 13.1. The number of amides is 1. The van der Waals surface area contributed by atoms with E-state index in [1.165, 1.54) is 6.07 Å². The van der Waals surface area contributed by atoms with Crippen LogP contribution in [0.25, 0.3) is 0 Å². The van der Waals surface area contributed by atoms with Crippen LogP contribution in [0.3, 0.4) is 0 Å². The second-order valence-electron chi connectivity index (χ2n) is 4.65. The lowest BCUT2D eigenvalue weighted by molar-refractivity contribution is -0.120. The van der Waals surface area contributed by atoms with Crippen LogP contribution in [-0.4, -0.2) is 12.5 Å². The number of anilines is 1. The molecule has 0 radical (unpaired) electrons. The molecule has 1 saturated carbocycles. The van der Waals surface area contributed by atoms with Gasteiger partial charge in [-0.05, 0) is 59.4 Å². The van der Waals surface area contributed by atoms with Gasteiger partial charge in [0, 0.05) is 11.6 Å². The highest BCUT2D eigenvalue weighted by atomic mass is 79.9. The standard InChI is InChI=1S/C13H16BrFN2O/c14-11-6-9(4-5-12(11)15)17-13(18)10-3-1-2-8(10)7-16/h4-6,8,10H,1-3,7,16H2,(H,17,18)/t8-,10-/m1/s1. The Morgan fingerprint density at radius 1 is 1.50 bits per heavy atom. The van der Waals surface area contributed by atoms with Crippen molar-refractivity contribution in [2.24, 2.45) is 17.6 Å². The van der Waals surface area contributed by atoms with Crippen molar-refractivity contribution < 1.29 is 9.18 Å². The summed E-state index contributed by atoms with van der Waals surface area (Å²) in [5.41, 5.74) is 6.27. The van der Waals surface area contributed by atoms with Crippen LogP contribution in [0.4, 0.5) is 10.1 Å². The van der Waals surface area contributed by atoms with E-state index in [1.54, 1.807) is 12.1 Å². The molecule has 1 aliphatic carbocycles. The second-order valence-corrected chi connectivity index (χ2v) is 5.51. The molecule has 0 unspecified atom stereocenters. The Balaban J connectivity index is 2.04. The first kappa shape index (κ1) is 13.5. The van der Waals surface area contributed by atoms with E-state index < -0.39 is 0 Å². The van der Waals surface area contributed by atoms with E-state index in [0.29, 0.717) is 16.7 Å². The molecule has 1 aromatic rings. The molecule has 5 heteroatoms. The summed E-state index contributed by atoms with van der Waals surface area (Å²) in [6.45, 7) is 0.547. The van der Waals surface area contributed by atoms with Gasteiger partial charge < -0.3 is 11.1 Å². The zero-order valence-corrected chi connectivity index (χ0v) is 11.5. The number of nitrogens with two attached hydrogens (primary N) is 1. The number of rotatable bonds is 3. The molecule has 1 fully saturated rings. The molecule has 2 rings (SSSR count). The van der Waals surface area contributed by atoms with Gasteiger partial charge >= 0.3 is 0 Å². The van der Waals surface area contributed by atoms with Crippen LogP contribution in [-0.2, 0) is 4.79 Å². The highest BCUT2D eigenvalue weighted by Crippen LogP contribution is 2.32. The molecule has 1 aromatic carbocycles. The molecule has 18 heavy (non-hydrogen) atoms. The van der Waals surface area contributed by atoms with Crippen molar-refractivity contribution in [3.8, 4) is 0 Å². The zero-order valence-electron chi connectivity index (χ0n) is 9.96.